The summed E-state index contributed by atoms with van der Waals surface area (Å²) >= 11 is 0. The molecule has 1 heterocycles. The molecule has 0 aliphatic rings. The van der Waals surface area contributed by atoms with E-state index >= 15 is 0 Å². The molecule has 0 aromatic carbocycles. The summed E-state index contributed by atoms with van der Waals surface area (Å²) in [5.41, 5.74) is 11.6. The zero-order valence-corrected chi connectivity index (χ0v) is 9.68. The molecule has 5 nitrogen and oxygen atoms in total. The van der Waals surface area contributed by atoms with Gasteiger partial charge in [0.15, 0.2) is 5.78 Å². The fourth-order valence-electron chi connectivity index (χ4n) is 1.32. The predicted octanol–water partition coefficient (Wildman–Crippen LogP) is 0.491. The average Bonchev–Trinajstić information content (AvgIpc) is 2.36. The Labute approximate surface area is 95.3 Å². The van der Waals surface area contributed by atoms with E-state index in [9.17, 15) is 4.79 Å². The summed E-state index contributed by atoms with van der Waals surface area (Å²) in [5.74, 6) is 0.456. The van der Waals surface area contributed by atoms with Crippen LogP contribution in [0.15, 0.2) is 12.3 Å². The number of aromatic nitrogens is 2. The molecule has 0 spiro atoms. The second-order valence-corrected chi connectivity index (χ2v) is 3.84. The smallest absolute Gasteiger partial charge is 0.198 e. The first kappa shape index (κ1) is 12.7. The largest absolute Gasteiger partial charge is 0.324 e. The lowest BCUT2D eigenvalue weighted by Crippen LogP contribution is -2.37. The lowest BCUT2D eigenvalue weighted by Gasteiger charge is -2.16. The Balaban J connectivity index is 2.87. The molecule has 0 bridgehead atoms. The van der Waals surface area contributed by atoms with E-state index in [1.165, 1.54) is 6.20 Å². The lowest BCUT2D eigenvalue weighted by molar-refractivity contribution is 0.0929. The van der Waals surface area contributed by atoms with Crippen LogP contribution in [0.4, 0.5) is 0 Å². The Morgan fingerprint density at radius 2 is 2.25 bits per heavy atom. The molecular formula is C11H18N4O. The lowest BCUT2D eigenvalue weighted by atomic mass is 9.95. The van der Waals surface area contributed by atoms with Gasteiger partial charge >= 0.3 is 0 Å². The van der Waals surface area contributed by atoms with Gasteiger partial charge in [0.1, 0.15) is 11.5 Å². The fourth-order valence-corrected chi connectivity index (χ4v) is 1.32. The van der Waals surface area contributed by atoms with Crippen molar-refractivity contribution in [1.82, 2.24) is 9.97 Å². The number of carbonyl (C=O) groups is 1. The topological polar surface area (TPSA) is 94.9 Å². The second kappa shape index (κ2) is 5.67. The highest BCUT2D eigenvalue weighted by Crippen LogP contribution is 2.10. The molecule has 4 N–H and O–H groups in total. The summed E-state index contributed by atoms with van der Waals surface area (Å²) in [6.45, 7) is 4.18. The highest BCUT2D eigenvalue weighted by Gasteiger charge is 2.22. The van der Waals surface area contributed by atoms with Crippen LogP contribution in [0.25, 0.3) is 0 Å². The van der Waals surface area contributed by atoms with Gasteiger partial charge in [-0.05, 0) is 12.0 Å². The molecule has 1 aromatic heterocycles. The Morgan fingerprint density at radius 3 is 2.81 bits per heavy atom. The standard InChI is InChI=1S/C11H18N4O/c1-3-7(2)10(13)11(16)8-4-5-14-9(6-12)15-8/h4-5,7,10H,3,6,12-13H2,1-2H3/t7-,10-/m0/s1. The Morgan fingerprint density at radius 1 is 1.56 bits per heavy atom. The van der Waals surface area contributed by atoms with Crippen molar-refractivity contribution in [1.29, 1.82) is 0 Å². The van der Waals surface area contributed by atoms with Gasteiger partial charge in [-0.2, -0.15) is 0 Å². The predicted molar refractivity (Wildman–Crippen MR) is 61.7 cm³/mol. The molecule has 1 aromatic rings. The van der Waals surface area contributed by atoms with E-state index in [4.69, 9.17) is 11.5 Å². The highest BCUT2D eigenvalue weighted by molar-refractivity contribution is 5.98. The van der Waals surface area contributed by atoms with E-state index in [2.05, 4.69) is 9.97 Å². The Kier molecular flexibility index (Phi) is 4.52. The van der Waals surface area contributed by atoms with Crippen LogP contribution in [0, 0.1) is 5.92 Å². The molecular weight excluding hydrogens is 204 g/mol. The van der Waals surface area contributed by atoms with Crippen LogP contribution in [0.2, 0.25) is 0 Å². The SMILES string of the molecule is CC[C@H](C)[C@H](N)C(=O)c1ccnc(CN)n1. The number of hydrogen-bond donors (Lipinski definition) is 2. The maximum atomic E-state index is 12.0. The number of ketones is 1. The number of nitrogens with zero attached hydrogens (tertiary/aromatic N) is 2. The van der Waals surface area contributed by atoms with Gasteiger partial charge in [-0.3, -0.25) is 4.79 Å². The van der Waals surface area contributed by atoms with Gasteiger partial charge in [-0.15, -0.1) is 0 Å². The molecule has 0 aliphatic heterocycles. The van der Waals surface area contributed by atoms with Gasteiger partial charge in [0, 0.05) is 6.20 Å². The maximum Gasteiger partial charge on any atom is 0.198 e. The van der Waals surface area contributed by atoms with Crippen LogP contribution in [-0.4, -0.2) is 21.8 Å². The number of hydrogen-bond acceptors (Lipinski definition) is 5. The van der Waals surface area contributed by atoms with Gasteiger partial charge in [-0.25, -0.2) is 9.97 Å². The molecule has 5 heteroatoms. The monoisotopic (exact) mass is 222 g/mol. The molecule has 88 valence electrons. The van der Waals surface area contributed by atoms with E-state index in [1.807, 2.05) is 13.8 Å². The minimum Gasteiger partial charge on any atom is -0.324 e. The first-order valence-electron chi connectivity index (χ1n) is 5.42. The van der Waals surface area contributed by atoms with E-state index in [0.717, 1.165) is 6.42 Å². The summed E-state index contributed by atoms with van der Waals surface area (Å²) in [7, 11) is 0. The summed E-state index contributed by atoms with van der Waals surface area (Å²) in [5, 5.41) is 0. The summed E-state index contributed by atoms with van der Waals surface area (Å²) < 4.78 is 0. The molecule has 0 amide bonds. The van der Waals surface area contributed by atoms with Crippen molar-refractivity contribution in [2.75, 3.05) is 0 Å². The van der Waals surface area contributed by atoms with E-state index in [0.29, 0.717) is 11.5 Å². The maximum absolute atomic E-state index is 12.0. The molecule has 0 radical (unpaired) electrons. The van der Waals surface area contributed by atoms with Crippen molar-refractivity contribution >= 4 is 5.78 Å². The van der Waals surface area contributed by atoms with Crippen LogP contribution >= 0.6 is 0 Å². The molecule has 0 saturated heterocycles. The van der Waals surface area contributed by atoms with E-state index in [-0.39, 0.29) is 18.2 Å². The van der Waals surface area contributed by atoms with E-state index in [1.54, 1.807) is 6.07 Å². The minimum atomic E-state index is -0.509. The molecule has 0 fully saturated rings. The van der Waals surface area contributed by atoms with Gasteiger partial charge < -0.3 is 11.5 Å². The minimum absolute atomic E-state index is 0.142. The molecule has 16 heavy (non-hydrogen) atoms. The third kappa shape index (κ3) is 2.84. The third-order valence-electron chi connectivity index (χ3n) is 2.70. The summed E-state index contributed by atoms with van der Waals surface area (Å²) in [6.07, 6.45) is 2.40. The Bertz CT molecular complexity index is 367. The van der Waals surface area contributed by atoms with Crippen molar-refractivity contribution < 1.29 is 4.79 Å². The van der Waals surface area contributed by atoms with Gasteiger partial charge in [-0.1, -0.05) is 20.3 Å². The zero-order valence-electron chi connectivity index (χ0n) is 9.68. The molecule has 1 rings (SSSR count). The van der Waals surface area contributed by atoms with Crippen molar-refractivity contribution in [2.24, 2.45) is 17.4 Å². The fraction of sp³-hybridized carbons (Fsp3) is 0.545. The van der Waals surface area contributed by atoms with Crippen LogP contribution in [0.5, 0.6) is 0 Å². The van der Waals surface area contributed by atoms with Crippen LogP contribution < -0.4 is 11.5 Å². The van der Waals surface area contributed by atoms with Crippen molar-refractivity contribution in [3.05, 3.63) is 23.8 Å². The number of carbonyl (C=O) groups excluding carboxylic acids is 1. The van der Waals surface area contributed by atoms with Crippen LogP contribution in [0.1, 0.15) is 36.6 Å². The first-order chi connectivity index (χ1) is 7.60. The summed E-state index contributed by atoms with van der Waals surface area (Å²) in [6, 6.07) is 1.06. The quantitative estimate of drug-likeness (QED) is 0.707. The van der Waals surface area contributed by atoms with Crippen molar-refractivity contribution in [3.8, 4) is 0 Å². The van der Waals surface area contributed by atoms with Gasteiger partial charge in [0.05, 0.1) is 12.6 Å². The molecule has 0 aliphatic carbocycles. The summed E-state index contributed by atoms with van der Waals surface area (Å²) in [4.78, 5) is 20.0. The molecule has 0 saturated carbocycles. The highest BCUT2D eigenvalue weighted by atomic mass is 16.1. The van der Waals surface area contributed by atoms with Gasteiger partial charge in [0.25, 0.3) is 0 Å². The van der Waals surface area contributed by atoms with Crippen LogP contribution in [0.3, 0.4) is 0 Å². The van der Waals surface area contributed by atoms with Crippen molar-refractivity contribution in [3.63, 3.8) is 0 Å². The molecule has 2 atom stereocenters. The van der Waals surface area contributed by atoms with Crippen LogP contribution in [-0.2, 0) is 6.54 Å². The average molecular weight is 222 g/mol. The second-order valence-electron chi connectivity index (χ2n) is 3.84. The number of rotatable bonds is 5. The normalized spacial score (nSPS) is 14.5. The Hall–Kier alpha value is -1.33. The number of Topliss-reactive ketones (excluding diaryl/α,β-unsaturated/α-hetero) is 1. The molecule has 0 unspecified atom stereocenters. The van der Waals surface area contributed by atoms with E-state index < -0.39 is 6.04 Å². The van der Waals surface area contributed by atoms with Crippen molar-refractivity contribution in [2.45, 2.75) is 32.9 Å². The third-order valence-corrected chi connectivity index (χ3v) is 2.70. The number of nitrogens with two attached hydrogens (primary N) is 2. The first-order valence-corrected chi connectivity index (χ1v) is 5.42. The zero-order chi connectivity index (χ0) is 12.1. The van der Waals surface area contributed by atoms with Gasteiger partial charge in [0.2, 0.25) is 0 Å².